The third-order valence-corrected chi connectivity index (χ3v) is 2.08. The molecule has 0 N–H and O–H groups in total. The van der Waals surface area contributed by atoms with E-state index >= 15 is 0 Å². The van der Waals surface area contributed by atoms with Gasteiger partial charge in [0.2, 0.25) is 0 Å². The number of ether oxygens (including phenoxy) is 3. The van der Waals surface area contributed by atoms with E-state index in [1.54, 1.807) is 12.1 Å². The van der Waals surface area contributed by atoms with Crippen LogP contribution in [0.2, 0.25) is 0 Å². The summed E-state index contributed by atoms with van der Waals surface area (Å²) in [5.41, 5.74) is 0.814. The predicted octanol–water partition coefficient (Wildman–Crippen LogP) is 3.28. The molecule has 5 nitrogen and oxygen atoms in total. The summed E-state index contributed by atoms with van der Waals surface area (Å²) < 4.78 is 13.7. The molecule has 0 aromatic heterocycles. The van der Waals surface area contributed by atoms with Crippen LogP contribution in [-0.4, -0.2) is 18.9 Å². The average molecular weight is 252 g/mol. The van der Waals surface area contributed by atoms with Gasteiger partial charge < -0.3 is 14.2 Å². The van der Waals surface area contributed by atoms with Crippen molar-refractivity contribution in [3.63, 3.8) is 0 Å². The first-order chi connectivity index (χ1) is 8.72. The minimum absolute atomic E-state index is 0.0575. The highest BCUT2D eigenvalue weighted by Gasteiger charge is 2.12. The number of benzene rings is 1. The van der Waals surface area contributed by atoms with Gasteiger partial charge >= 0.3 is 12.3 Å². The summed E-state index contributed by atoms with van der Waals surface area (Å²) in [5.74, 6) is 0. The van der Waals surface area contributed by atoms with E-state index in [0.29, 0.717) is 0 Å². The Balaban J connectivity index is 2.19. The van der Waals surface area contributed by atoms with Crippen molar-refractivity contribution in [2.24, 2.45) is 0 Å². The Kier molecular flexibility index (Phi) is 6.32. The van der Waals surface area contributed by atoms with Crippen LogP contribution in [0.3, 0.4) is 0 Å². The molecule has 0 aliphatic heterocycles. The van der Waals surface area contributed by atoms with E-state index in [0.717, 1.165) is 18.4 Å². The van der Waals surface area contributed by atoms with E-state index in [1.807, 2.05) is 25.1 Å². The van der Waals surface area contributed by atoms with E-state index in [4.69, 9.17) is 4.74 Å². The van der Waals surface area contributed by atoms with Crippen LogP contribution in [-0.2, 0) is 20.8 Å². The van der Waals surface area contributed by atoms with Crippen LogP contribution in [0.4, 0.5) is 9.59 Å². The molecule has 0 fully saturated rings. The number of rotatable bonds is 5. The van der Waals surface area contributed by atoms with Crippen molar-refractivity contribution in [1.29, 1.82) is 0 Å². The molecule has 1 rings (SSSR count). The molecule has 0 heterocycles. The highest BCUT2D eigenvalue weighted by Crippen LogP contribution is 2.02. The van der Waals surface area contributed by atoms with Crippen molar-refractivity contribution < 1.29 is 23.8 Å². The average Bonchev–Trinajstić information content (AvgIpc) is 2.38. The molecule has 1 aromatic carbocycles. The lowest BCUT2D eigenvalue weighted by atomic mass is 10.2. The van der Waals surface area contributed by atoms with Crippen molar-refractivity contribution in [2.75, 3.05) is 6.61 Å². The second-order valence-electron chi connectivity index (χ2n) is 3.58. The van der Waals surface area contributed by atoms with Crippen molar-refractivity contribution in [3.8, 4) is 0 Å². The van der Waals surface area contributed by atoms with Crippen LogP contribution in [0.25, 0.3) is 0 Å². The molecule has 0 saturated carbocycles. The molecule has 98 valence electrons. The lowest BCUT2D eigenvalue weighted by molar-refractivity contribution is 0.0329. The van der Waals surface area contributed by atoms with E-state index in [-0.39, 0.29) is 13.2 Å². The number of hydrogen-bond acceptors (Lipinski definition) is 5. The molecular weight excluding hydrogens is 236 g/mol. The third kappa shape index (κ3) is 5.89. The molecule has 0 amide bonds. The standard InChI is InChI=1S/C13H16O5/c1-2-3-9-16-12(14)18-13(15)17-10-11-7-5-4-6-8-11/h4-8H,2-3,9-10H2,1H3. The molecule has 0 saturated heterocycles. The van der Waals surface area contributed by atoms with Crippen molar-refractivity contribution >= 4 is 12.3 Å². The summed E-state index contributed by atoms with van der Waals surface area (Å²) in [6.07, 6.45) is -0.457. The molecule has 18 heavy (non-hydrogen) atoms. The van der Waals surface area contributed by atoms with Gasteiger partial charge in [-0.2, -0.15) is 0 Å². The fourth-order valence-electron chi connectivity index (χ4n) is 1.14. The Morgan fingerprint density at radius 1 is 1.06 bits per heavy atom. The minimum atomic E-state index is -1.06. The third-order valence-electron chi connectivity index (χ3n) is 2.08. The molecule has 0 radical (unpaired) electrons. The lowest BCUT2D eigenvalue weighted by Crippen LogP contribution is -2.15. The van der Waals surface area contributed by atoms with E-state index in [9.17, 15) is 9.59 Å². The highest BCUT2D eigenvalue weighted by molar-refractivity contribution is 5.76. The zero-order valence-electron chi connectivity index (χ0n) is 10.3. The van der Waals surface area contributed by atoms with E-state index < -0.39 is 12.3 Å². The summed E-state index contributed by atoms with van der Waals surface area (Å²) in [5, 5.41) is 0. The Labute approximate surface area is 106 Å². The Bertz CT molecular complexity index is 374. The first-order valence-electron chi connectivity index (χ1n) is 5.77. The second-order valence-corrected chi connectivity index (χ2v) is 3.58. The van der Waals surface area contributed by atoms with Gasteiger partial charge in [-0.05, 0) is 12.0 Å². The number of carbonyl (C=O) groups excluding carboxylic acids is 2. The van der Waals surface area contributed by atoms with Crippen molar-refractivity contribution in [1.82, 2.24) is 0 Å². The van der Waals surface area contributed by atoms with Crippen LogP contribution >= 0.6 is 0 Å². The maximum Gasteiger partial charge on any atom is 0.518 e. The Morgan fingerprint density at radius 2 is 1.72 bits per heavy atom. The zero-order chi connectivity index (χ0) is 13.2. The van der Waals surface area contributed by atoms with Crippen LogP contribution in [0, 0.1) is 0 Å². The molecule has 0 aliphatic rings. The van der Waals surface area contributed by atoms with Crippen molar-refractivity contribution in [2.45, 2.75) is 26.4 Å². The second kappa shape index (κ2) is 8.11. The molecular formula is C13H16O5. The molecule has 5 heteroatoms. The van der Waals surface area contributed by atoms with Crippen LogP contribution < -0.4 is 0 Å². The SMILES string of the molecule is CCCCOC(=O)OC(=O)OCc1ccccc1. The van der Waals surface area contributed by atoms with Gasteiger partial charge in [0.15, 0.2) is 0 Å². The first kappa shape index (κ1) is 14.0. The van der Waals surface area contributed by atoms with Gasteiger partial charge in [0, 0.05) is 0 Å². The van der Waals surface area contributed by atoms with Gasteiger partial charge in [-0.3, -0.25) is 0 Å². The maximum absolute atomic E-state index is 11.1. The summed E-state index contributed by atoms with van der Waals surface area (Å²) in [4.78, 5) is 22.1. The summed E-state index contributed by atoms with van der Waals surface area (Å²) >= 11 is 0. The molecule has 0 aliphatic carbocycles. The maximum atomic E-state index is 11.1. The quantitative estimate of drug-likeness (QED) is 0.457. The lowest BCUT2D eigenvalue weighted by Gasteiger charge is -2.05. The Morgan fingerprint density at radius 3 is 2.39 bits per heavy atom. The van der Waals surface area contributed by atoms with Crippen LogP contribution in [0.5, 0.6) is 0 Å². The smallest absolute Gasteiger partial charge is 0.434 e. The van der Waals surface area contributed by atoms with Gasteiger partial charge in [0.1, 0.15) is 6.61 Å². The largest absolute Gasteiger partial charge is 0.518 e. The van der Waals surface area contributed by atoms with Crippen LogP contribution in [0.1, 0.15) is 25.3 Å². The fourth-order valence-corrected chi connectivity index (χ4v) is 1.14. The van der Waals surface area contributed by atoms with Crippen molar-refractivity contribution in [3.05, 3.63) is 35.9 Å². The van der Waals surface area contributed by atoms with Gasteiger partial charge in [0.25, 0.3) is 0 Å². The van der Waals surface area contributed by atoms with Gasteiger partial charge in [0.05, 0.1) is 6.61 Å². The summed E-state index contributed by atoms with van der Waals surface area (Å²) in [6, 6.07) is 9.10. The van der Waals surface area contributed by atoms with Crippen LogP contribution in [0.15, 0.2) is 30.3 Å². The molecule has 0 spiro atoms. The van der Waals surface area contributed by atoms with Gasteiger partial charge in [-0.1, -0.05) is 43.7 Å². The topological polar surface area (TPSA) is 61.8 Å². The minimum Gasteiger partial charge on any atom is -0.434 e. The summed E-state index contributed by atoms with van der Waals surface area (Å²) in [6.45, 7) is 2.26. The number of hydrogen-bond donors (Lipinski definition) is 0. The number of unbranched alkanes of at least 4 members (excludes halogenated alkanes) is 1. The molecule has 1 aromatic rings. The zero-order valence-corrected chi connectivity index (χ0v) is 10.3. The monoisotopic (exact) mass is 252 g/mol. The highest BCUT2D eigenvalue weighted by atomic mass is 16.8. The molecule has 0 atom stereocenters. The number of carbonyl (C=O) groups is 2. The molecule has 0 unspecified atom stereocenters. The van der Waals surface area contributed by atoms with E-state index in [2.05, 4.69) is 9.47 Å². The normalized spacial score (nSPS) is 9.61. The predicted molar refractivity (Wildman–Crippen MR) is 64.0 cm³/mol. The first-order valence-corrected chi connectivity index (χ1v) is 5.77. The van der Waals surface area contributed by atoms with Gasteiger partial charge in [-0.15, -0.1) is 0 Å². The molecule has 0 bridgehead atoms. The van der Waals surface area contributed by atoms with Gasteiger partial charge in [-0.25, -0.2) is 9.59 Å². The Hall–Kier alpha value is -2.04. The summed E-state index contributed by atoms with van der Waals surface area (Å²) in [7, 11) is 0. The van der Waals surface area contributed by atoms with E-state index in [1.165, 1.54) is 0 Å². The fraction of sp³-hybridized carbons (Fsp3) is 0.385.